The lowest BCUT2D eigenvalue weighted by Crippen LogP contribution is -2.61. The van der Waals surface area contributed by atoms with E-state index in [2.05, 4.69) is 51.8 Å². The van der Waals surface area contributed by atoms with Crippen molar-refractivity contribution in [1.29, 1.82) is 0 Å². The maximum Gasteiger partial charge on any atom is 0.0357 e. The van der Waals surface area contributed by atoms with Crippen LogP contribution >= 0.6 is 0 Å². The number of rotatable bonds is 14. The molecule has 0 spiro atoms. The minimum Gasteiger partial charge on any atom is -0.312 e. The normalized spacial score (nSPS) is 13.9. The first-order valence-corrected chi connectivity index (χ1v) is 9.64. The van der Waals surface area contributed by atoms with Crippen LogP contribution in [-0.2, 0) is 0 Å². The zero-order chi connectivity index (χ0) is 16.1. The maximum absolute atomic E-state index is 3.90. The summed E-state index contributed by atoms with van der Waals surface area (Å²) in [6.45, 7) is 17.5. The van der Waals surface area contributed by atoms with Crippen molar-refractivity contribution in [3.8, 4) is 0 Å². The molecule has 0 aliphatic rings. The molecule has 0 amide bonds. The molecule has 1 unspecified atom stereocenters. The van der Waals surface area contributed by atoms with Crippen LogP contribution in [0.3, 0.4) is 0 Å². The number of nitrogens with zero attached hydrogens (tertiary/aromatic N) is 1. The van der Waals surface area contributed by atoms with Crippen LogP contribution in [0.25, 0.3) is 0 Å². The van der Waals surface area contributed by atoms with Crippen LogP contribution in [0, 0.1) is 0 Å². The summed E-state index contributed by atoms with van der Waals surface area (Å²) in [5, 5.41) is 3.90. The lowest BCUT2D eigenvalue weighted by Gasteiger charge is -2.48. The smallest absolute Gasteiger partial charge is 0.0357 e. The highest BCUT2D eigenvalue weighted by Gasteiger charge is 2.38. The van der Waals surface area contributed by atoms with Gasteiger partial charge in [-0.1, -0.05) is 67.2 Å². The third-order valence-electron chi connectivity index (χ3n) is 5.25. The van der Waals surface area contributed by atoms with Crippen molar-refractivity contribution in [1.82, 2.24) is 10.2 Å². The van der Waals surface area contributed by atoms with Gasteiger partial charge in [0.2, 0.25) is 0 Å². The van der Waals surface area contributed by atoms with Crippen LogP contribution in [-0.4, -0.2) is 36.1 Å². The molecule has 0 saturated heterocycles. The van der Waals surface area contributed by atoms with Crippen LogP contribution in [0.2, 0.25) is 0 Å². The van der Waals surface area contributed by atoms with Crippen molar-refractivity contribution in [2.75, 3.05) is 19.6 Å². The van der Waals surface area contributed by atoms with Crippen LogP contribution in [0.5, 0.6) is 0 Å². The third-order valence-corrected chi connectivity index (χ3v) is 5.25. The molecule has 0 fully saturated rings. The van der Waals surface area contributed by atoms with E-state index in [4.69, 9.17) is 0 Å². The fourth-order valence-corrected chi connectivity index (χ4v) is 3.92. The summed E-state index contributed by atoms with van der Waals surface area (Å²) in [6.07, 6.45) is 10.5. The number of nitrogens with one attached hydrogen (secondary N) is 1. The Morgan fingerprint density at radius 2 is 1.43 bits per heavy atom. The first kappa shape index (κ1) is 20.9. The molecule has 0 aromatic carbocycles. The van der Waals surface area contributed by atoms with Crippen molar-refractivity contribution in [3.05, 3.63) is 0 Å². The zero-order valence-electron chi connectivity index (χ0n) is 15.8. The zero-order valence-corrected chi connectivity index (χ0v) is 15.8. The summed E-state index contributed by atoms with van der Waals surface area (Å²) in [4.78, 5) is 2.71. The predicted octanol–water partition coefficient (Wildman–Crippen LogP) is 5.23. The summed E-state index contributed by atoms with van der Waals surface area (Å²) in [5.41, 5.74) is 0.338. The molecule has 0 aromatic rings. The Balaban J connectivity index is 4.97. The SMILES string of the molecule is CCCCCCC(NCCC)C(CC)(CC)N(CC)CC. The minimum absolute atomic E-state index is 0.338. The molecule has 21 heavy (non-hydrogen) atoms. The Morgan fingerprint density at radius 3 is 1.86 bits per heavy atom. The van der Waals surface area contributed by atoms with Gasteiger partial charge in [-0.15, -0.1) is 0 Å². The van der Waals surface area contributed by atoms with Crippen LogP contribution in [0.4, 0.5) is 0 Å². The standard InChI is InChI=1S/C19H42N2/c1-7-13-14-15-16-18(20-17-8-2)19(9-3,10-4)21(11-5)12-6/h18,20H,7-17H2,1-6H3. The Hall–Kier alpha value is -0.0800. The number of unbranched alkanes of at least 4 members (excludes halogenated alkanes) is 3. The van der Waals surface area contributed by atoms with E-state index in [1.54, 1.807) is 0 Å². The van der Waals surface area contributed by atoms with Crippen molar-refractivity contribution in [3.63, 3.8) is 0 Å². The van der Waals surface area contributed by atoms with Gasteiger partial charge < -0.3 is 5.32 Å². The van der Waals surface area contributed by atoms with Crippen molar-refractivity contribution in [2.45, 2.75) is 104 Å². The quantitative estimate of drug-likeness (QED) is 0.442. The van der Waals surface area contributed by atoms with E-state index in [1.807, 2.05) is 0 Å². The molecule has 0 rings (SSSR count). The van der Waals surface area contributed by atoms with Gasteiger partial charge in [0, 0.05) is 11.6 Å². The fourth-order valence-electron chi connectivity index (χ4n) is 3.92. The van der Waals surface area contributed by atoms with E-state index < -0.39 is 0 Å². The van der Waals surface area contributed by atoms with Crippen LogP contribution in [0.15, 0.2) is 0 Å². The summed E-state index contributed by atoms with van der Waals surface area (Å²) in [7, 11) is 0. The average Bonchev–Trinajstić information content (AvgIpc) is 2.52. The van der Waals surface area contributed by atoms with E-state index in [1.165, 1.54) is 51.4 Å². The summed E-state index contributed by atoms with van der Waals surface area (Å²) < 4.78 is 0. The van der Waals surface area contributed by atoms with E-state index in [0.717, 1.165) is 19.6 Å². The van der Waals surface area contributed by atoms with Crippen molar-refractivity contribution >= 4 is 0 Å². The second-order valence-corrected chi connectivity index (χ2v) is 6.34. The molecule has 0 radical (unpaired) electrons. The first-order valence-electron chi connectivity index (χ1n) is 9.64. The Bertz CT molecular complexity index is 220. The molecule has 0 aromatic heterocycles. The molecule has 0 heterocycles. The highest BCUT2D eigenvalue weighted by molar-refractivity contribution is 4.98. The molecule has 1 atom stereocenters. The first-order chi connectivity index (χ1) is 10.2. The van der Waals surface area contributed by atoms with Crippen LogP contribution < -0.4 is 5.32 Å². The molecule has 0 aliphatic carbocycles. The largest absolute Gasteiger partial charge is 0.312 e. The van der Waals surface area contributed by atoms with Gasteiger partial charge in [-0.05, 0) is 45.3 Å². The number of hydrogen-bond donors (Lipinski definition) is 1. The maximum atomic E-state index is 3.90. The van der Waals surface area contributed by atoms with Gasteiger partial charge in [0.1, 0.15) is 0 Å². The van der Waals surface area contributed by atoms with Crippen molar-refractivity contribution in [2.24, 2.45) is 0 Å². The molecule has 2 heteroatoms. The van der Waals surface area contributed by atoms with Gasteiger partial charge in [0.15, 0.2) is 0 Å². The van der Waals surface area contributed by atoms with E-state index >= 15 is 0 Å². The molecule has 0 saturated carbocycles. The molecule has 1 N–H and O–H groups in total. The molecule has 0 bridgehead atoms. The predicted molar refractivity (Wildman–Crippen MR) is 97.1 cm³/mol. The van der Waals surface area contributed by atoms with Gasteiger partial charge in [0.05, 0.1) is 0 Å². The molecular weight excluding hydrogens is 256 g/mol. The van der Waals surface area contributed by atoms with Gasteiger partial charge in [-0.3, -0.25) is 4.90 Å². The lowest BCUT2D eigenvalue weighted by molar-refractivity contribution is 0.0451. The number of hydrogen-bond acceptors (Lipinski definition) is 2. The highest BCUT2D eigenvalue weighted by atomic mass is 15.2. The Kier molecular flexibility index (Phi) is 12.4. The second-order valence-electron chi connectivity index (χ2n) is 6.34. The minimum atomic E-state index is 0.338. The second kappa shape index (κ2) is 12.5. The van der Waals surface area contributed by atoms with E-state index in [0.29, 0.717) is 11.6 Å². The molecular formula is C19H42N2. The molecule has 2 nitrogen and oxygen atoms in total. The fraction of sp³-hybridized carbons (Fsp3) is 1.00. The van der Waals surface area contributed by atoms with Crippen molar-refractivity contribution < 1.29 is 0 Å². The molecule has 0 aliphatic heterocycles. The van der Waals surface area contributed by atoms with Gasteiger partial charge in [-0.2, -0.15) is 0 Å². The summed E-state index contributed by atoms with van der Waals surface area (Å²) in [5.74, 6) is 0. The Morgan fingerprint density at radius 1 is 0.810 bits per heavy atom. The number of likely N-dealkylation sites (N-methyl/N-ethyl adjacent to an activating group) is 1. The average molecular weight is 299 g/mol. The third kappa shape index (κ3) is 6.28. The van der Waals surface area contributed by atoms with Gasteiger partial charge in [-0.25, -0.2) is 0 Å². The topological polar surface area (TPSA) is 15.3 Å². The van der Waals surface area contributed by atoms with Gasteiger partial charge in [0.25, 0.3) is 0 Å². The lowest BCUT2D eigenvalue weighted by atomic mass is 9.79. The van der Waals surface area contributed by atoms with E-state index in [9.17, 15) is 0 Å². The van der Waals surface area contributed by atoms with Crippen LogP contribution in [0.1, 0.15) is 92.9 Å². The van der Waals surface area contributed by atoms with E-state index in [-0.39, 0.29) is 0 Å². The summed E-state index contributed by atoms with van der Waals surface area (Å²) in [6, 6.07) is 0.643. The highest BCUT2D eigenvalue weighted by Crippen LogP contribution is 2.31. The molecule has 128 valence electrons. The monoisotopic (exact) mass is 298 g/mol. The van der Waals surface area contributed by atoms with Gasteiger partial charge >= 0.3 is 0 Å². The Labute approximate surface area is 135 Å². The summed E-state index contributed by atoms with van der Waals surface area (Å²) >= 11 is 0.